The van der Waals surface area contributed by atoms with Gasteiger partial charge in [0.15, 0.2) is 0 Å². The first kappa shape index (κ1) is 12.1. The summed E-state index contributed by atoms with van der Waals surface area (Å²) in [7, 11) is 4.09. The van der Waals surface area contributed by atoms with E-state index < -0.39 is 0 Å². The Labute approximate surface area is 106 Å². The van der Waals surface area contributed by atoms with Crippen LogP contribution < -0.4 is 5.32 Å². The van der Waals surface area contributed by atoms with E-state index in [9.17, 15) is 0 Å². The van der Waals surface area contributed by atoms with Crippen LogP contribution in [0.5, 0.6) is 0 Å². The van der Waals surface area contributed by atoms with Crippen molar-refractivity contribution in [2.24, 2.45) is 7.05 Å². The summed E-state index contributed by atoms with van der Waals surface area (Å²) < 4.78 is 3.31. The molecule has 0 bridgehead atoms. The van der Waals surface area contributed by atoms with Crippen molar-refractivity contribution in [3.63, 3.8) is 0 Å². The Balaban J connectivity index is 2.24. The summed E-state index contributed by atoms with van der Waals surface area (Å²) in [5, 5.41) is 3.16. The Kier molecular flexibility index (Phi) is 4.03. The largest absolute Gasteiger partial charge is 0.333 e. The minimum Gasteiger partial charge on any atom is -0.333 e. The Morgan fingerprint density at radius 1 is 1.38 bits per heavy atom. The molecule has 3 nitrogen and oxygen atoms in total. The first-order valence-electron chi connectivity index (χ1n) is 6.09. The smallest absolute Gasteiger partial charge is 0.127 e. The third-order valence-corrected chi connectivity index (χ3v) is 4.10. The van der Waals surface area contributed by atoms with Crippen molar-refractivity contribution in [3.05, 3.63) is 16.1 Å². The van der Waals surface area contributed by atoms with Crippen LogP contribution in [0.3, 0.4) is 0 Å². The average Bonchev–Trinajstić information content (AvgIpc) is 2.56. The second kappa shape index (κ2) is 5.32. The van der Waals surface area contributed by atoms with Crippen molar-refractivity contribution in [2.45, 2.75) is 44.6 Å². The Hall–Kier alpha value is -0.350. The Morgan fingerprint density at radius 2 is 2.06 bits per heavy atom. The van der Waals surface area contributed by atoms with E-state index in [2.05, 4.69) is 37.8 Å². The van der Waals surface area contributed by atoms with Crippen LogP contribution in [0.2, 0.25) is 0 Å². The molecule has 0 radical (unpaired) electrons. The summed E-state index contributed by atoms with van der Waals surface area (Å²) in [6, 6.07) is 0. The lowest BCUT2D eigenvalue weighted by Crippen LogP contribution is -2.14. The van der Waals surface area contributed by atoms with E-state index in [1.54, 1.807) is 0 Å². The molecule has 1 fully saturated rings. The van der Waals surface area contributed by atoms with Gasteiger partial charge in [-0.05, 0) is 35.8 Å². The van der Waals surface area contributed by atoms with Crippen LogP contribution in [0.1, 0.15) is 49.5 Å². The molecule has 2 rings (SSSR count). The predicted octanol–water partition coefficient (Wildman–Crippen LogP) is 2.95. The fourth-order valence-corrected chi connectivity index (χ4v) is 3.45. The van der Waals surface area contributed by atoms with Crippen molar-refractivity contribution in [1.29, 1.82) is 0 Å². The van der Waals surface area contributed by atoms with Crippen LogP contribution >= 0.6 is 15.9 Å². The maximum absolute atomic E-state index is 4.59. The molecule has 90 valence electrons. The number of nitrogens with zero attached hydrogens (tertiary/aromatic N) is 2. The highest BCUT2D eigenvalue weighted by Gasteiger charge is 2.23. The Morgan fingerprint density at radius 3 is 2.69 bits per heavy atom. The molecule has 0 aliphatic heterocycles. The average molecular weight is 286 g/mol. The molecule has 0 atom stereocenters. The van der Waals surface area contributed by atoms with Gasteiger partial charge in [0.05, 0.1) is 12.2 Å². The summed E-state index contributed by atoms with van der Waals surface area (Å²) in [5.74, 6) is 1.82. The van der Waals surface area contributed by atoms with Gasteiger partial charge in [-0.3, -0.25) is 0 Å². The fourth-order valence-electron chi connectivity index (χ4n) is 2.66. The van der Waals surface area contributed by atoms with Gasteiger partial charge in [0.1, 0.15) is 10.4 Å². The lowest BCUT2D eigenvalue weighted by atomic mass is 9.87. The number of nitrogens with one attached hydrogen (secondary N) is 1. The van der Waals surface area contributed by atoms with E-state index in [1.165, 1.54) is 37.8 Å². The molecule has 1 N–H and O–H groups in total. The third kappa shape index (κ3) is 2.33. The molecule has 1 saturated carbocycles. The topological polar surface area (TPSA) is 29.9 Å². The summed E-state index contributed by atoms with van der Waals surface area (Å²) in [5.41, 5.74) is 1.39. The predicted molar refractivity (Wildman–Crippen MR) is 69.5 cm³/mol. The molecular weight excluding hydrogens is 266 g/mol. The summed E-state index contributed by atoms with van der Waals surface area (Å²) >= 11 is 3.61. The molecule has 1 aromatic heterocycles. The molecule has 1 aliphatic carbocycles. The normalized spacial score (nSPS) is 17.9. The highest BCUT2D eigenvalue weighted by atomic mass is 79.9. The van der Waals surface area contributed by atoms with E-state index >= 15 is 0 Å². The highest BCUT2D eigenvalue weighted by molar-refractivity contribution is 9.10. The molecule has 1 aromatic rings. The lowest BCUT2D eigenvalue weighted by Gasteiger charge is -2.22. The summed E-state index contributed by atoms with van der Waals surface area (Å²) in [6.45, 7) is 0.835. The van der Waals surface area contributed by atoms with Crippen LogP contribution in [0.4, 0.5) is 0 Å². The molecule has 16 heavy (non-hydrogen) atoms. The van der Waals surface area contributed by atoms with Crippen molar-refractivity contribution >= 4 is 15.9 Å². The van der Waals surface area contributed by atoms with Gasteiger partial charge in [-0.25, -0.2) is 4.98 Å². The molecule has 0 spiro atoms. The summed E-state index contributed by atoms with van der Waals surface area (Å²) in [4.78, 5) is 4.59. The monoisotopic (exact) mass is 285 g/mol. The zero-order valence-corrected chi connectivity index (χ0v) is 11.7. The van der Waals surface area contributed by atoms with Gasteiger partial charge < -0.3 is 9.88 Å². The molecular formula is C12H20BrN3. The highest BCUT2D eigenvalue weighted by Crippen LogP contribution is 2.36. The quantitative estimate of drug-likeness (QED) is 0.926. The molecule has 1 heterocycles. The number of hydrogen-bond acceptors (Lipinski definition) is 2. The summed E-state index contributed by atoms with van der Waals surface area (Å²) in [6.07, 6.45) is 6.76. The van der Waals surface area contributed by atoms with Crippen LogP contribution in [0.15, 0.2) is 4.60 Å². The number of halogens is 1. The molecule has 0 saturated heterocycles. The first-order valence-corrected chi connectivity index (χ1v) is 6.89. The van der Waals surface area contributed by atoms with Gasteiger partial charge >= 0.3 is 0 Å². The van der Waals surface area contributed by atoms with E-state index in [0.717, 1.165) is 17.0 Å². The van der Waals surface area contributed by atoms with Crippen LogP contribution in [-0.4, -0.2) is 16.6 Å². The van der Waals surface area contributed by atoms with Gasteiger partial charge in [-0.2, -0.15) is 0 Å². The maximum atomic E-state index is 4.59. The van der Waals surface area contributed by atoms with Crippen molar-refractivity contribution in [1.82, 2.24) is 14.9 Å². The van der Waals surface area contributed by atoms with Gasteiger partial charge in [0.25, 0.3) is 0 Å². The van der Waals surface area contributed by atoms with Gasteiger partial charge in [0, 0.05) is 13.0 Å². The maximum Gasteiger partial charge on any atom is 0.127 e. The molecule has 4 heteroatoms. The van der Waals surface area contributed by atoms with Gasteiger partial charge in [0.2, 0.25) is 0 Å². The van der Waals surface area contributed by atoms with Crippen molar-refractivity contribution < 1.29 is 0 Å². The number of rotatable bonds is 3. The minimum atomic E-state index is 0.700. The minimum absolute atomic E-state index is 0.700. The zero-order chi connectivity index (χ0) is 11.5. The fraction of sp³-hybridized carbons (Fsp3) is 0.750. The van der Waals surface area contributed by atoms with Crippen LogP contribution in [-0.2, 0) is 13.6 Å². The molecule has 0 aromatic carbocycles. The lowest BCUT2D eigenvalue weighted by molar-refractivity contribution is 0.426. The molecule has 0 amide bonds. The van der Waals surface area contributed by atoms with Crippen molar-refractivity contribution in [2.75, 3.05) is 7.05 Å². The van der Waals surface area contributed by atoms with Crippen LogP contribution in [0, 0.1) is 0 Å². The van der Waals surface area contributed by atoms with E-state index in [0.29, 0.717) is 5.92 Å². The van der Waals surface area contributed by atoms with E-state index in [-0.39, 0.29) is 0 Å². The Bertz CT molecular complexity index is 353. The van der Waals surface area contributed by atoms with Gasteiger partial charge in [-0.1, -0.05) is 19.3 Å². The van der Waals surface area contributed by atoms with Crippen LogP contribution in [0.25, 0.3) is 0 Å². The van der Waals surface area contributed by atoms with Gasteiger partial charge in [-0.15, -0.1) is 0 Å². The number of hydrogen-bond donors (Lipinski definition) is 1. The molecule has 0 unspecified atom stereocenters. The second-order valence-electron chi connectivity index (χ2n) is 4.63. The third-order valence-electron chi connectivity index (χ3n) is 3.51. The first-order chi connectivity index (χ1) is 7.74. The number of imidazole rings is 1. The molecule has 1 aliphatic rings. The SMILES string of the molecule is CNCc1nc(Br)c(C2CCCCC2)n1C. The zero-order valence-electron chi connectivity index (χ0n) is 10.1. The standard InChI is InChI=1S/C12H20BrN3/c1-14-8-10-15-12(13)11(16(10)2)9-6-4-3-5-7-9/h9,14H,3-8H2,1-2H3. The second-order valence-corrected chi connectivity index (χ2v) is 5.38. The number of aromatic nitrogens is 2. The van der Waals surface area contributed by atoms with E-state index in [4.69, 9.17) is 0 Å². The van der Waals surface area contributed by atoms with E-state index in [1.807, 2.05) is 7.05 Å². The van der Waals surface area contributed by atoms with Crippen molar-refractivity contribution in [3.8, 4) is 0 Å².